The van der Waals surface area contributed by atoms with Gasteiger partial charge in [0.25, 0.3) is 0 Å². The lowest BCUT2D eigenvalue weighted by molar-refractivity contribution is -0.111. The Morgan fingerprint density at radius 3 is 2.55 bits per heavy atom. The summed E-state index contributed by atoms with van der Waals surface area (Å²) in [5.41, 5.74) is 1.46. The number of halogens is 3. The number of hydrogen-bond acceptors (Lipinski definition) is 2. The number of carbonyl (C=O) groups is 1. The summed E-state index contributed by atoms with van der Waals surface area (Å²) >= 11 is 17.6. The van der Waals surface area contributed by atoms with Gasteiger partial charge < -0.3 is 5.32 Å². The minimum absolute atomic E-state index is 0.296. The second-order valence-electron chi connectivity index (χ2n) is 4.29. The standard InChI is InChI=1S/C16H9Cl3N2O/c17-12-3-1-10(15(19)8-12)2-6-16(22)21-13-4-5-14(18)11(7-13)9-20/h1-8H,(H,21,22)/b6-2+. The zero-order chi connectivity index (χ0) is 16.1. The fourth-order valence-electron chi connectivity index (χ4n) is 1.67. The molecule has 3 nitrogen and oxygen atoms in total. The quantitative estimate of drug-likeness (QED) is 0.775. The van der Waals surface area contributed by atoms with E-state index in [1.807, 2.05) is 6.07 Å². The van der Waals surface area contributed by atoms with Crippen LogP contribution in [0.25, 0.3) is 6.08 Å². The van der Waals surface area contributed by atoms with E-state index in [-0.39, 0.29) is 5.91 Å². The Morgan fingerprint density at radius 2 is 1.86 bits per heavy atom. The van der Waals surface area contributed by atoms with Crippen LogP contribution in [0.4, 0.5) is 5.69 Å². The van der Waals surface area contributed by atoms with Gasteiger partial charge in [0.1, 0.15) is 6.07 Å². The number of benzene rings is 2. The molecule has 0 spiro atoms. The van der Waals surface area contributed by atoms with Crippen LogP contribution in [0, 0.1) is 11.3 Å². The number of nitrogens with one attached hydrogen (secondary N) is 1. The molecule has 0 aliphatic carbocycles. The van der Waals surface area contributed by atoms with Crippen molar-refractivity contribution in [1.82, 2.24) is 0 Å². The van der Waals surface area contributed by atoms with Gasteiger partial charge in [-0.2, -0.15) is 5.26 Å². The van der Waals surface area contributed by atoms with E-state index in [9.17, 15) is 4.79 Å². The van der Waals surface area contributed by atoms with Crippen LogP contribution >= 0.6 is 34.8 Å². The molecule has 0 aliphatic heterocycles. The number of anilines is 1. The van der Waals surface area contributed by atoms with Gasteiger partial charge >= 0.3 is 0 Å². The van der Waals surface area contributed by atoms with Crippen LogP contribution in [-0.4, -0.2) is 5.91 Å². The lowest BCUT2D eigenvalue weighted by atomic mass is 10.2. The van der Waals surface area contributed by atoms with E-state index >= 15 is 0 Å². The number of hydrogen-bond donors (Lipinski definition) is 1. The van der Waals surface area contributed by atoms with Gasteiger partial charge in [0.2, 0.25) is 5.91 Å². The first-order chi connectivity index (χ1) is 10.5. The Balaban J connectivity index is 2.10. The second kappa shape index (κ2) is 7.33. The van der Waals surface area contributed by atoms with Gasteiger partial charge in [-0.1, -0.05) is 40.9 Å². The van der Waals surface area contributed by atoms with E-state index in [2.05, 4.69) is 5.32 Å². The topological polar surface area (TPSA) is 52.9 Å². The average molecular weight is 352 g/mol. The highest BCUT2D eigenvalue weighted by Crippen LogP contribution is 2.22. The molecule has 0 aromatic heterocycles. The molecule has 2 aromatic carbocycles. The molecular weight excluding hydrogens is 343 g/mol. The molecule has 0 fully saturated rings. The van der Waals surface area contributed by atoms with E-state index < -0.39 is 0 Å². The SMILES string of the molecule is N#Cc1cc(NC(=O)/C=C/c2ccc(Cl)cc2Cl)ccc1Cl. The van der Waals surface area contributed by atoms with Gasteiger partial charge in [0.05, 0.1) is 10.6 Å². The van der Waals surface area contributed by atoms with Crippen molar-refractivity contribution in [3.8, 4) is 6.07 Å². The van der Waals surface area contributed by atoms with Gasteiger partial charge in [-0.3, -0.25) is 4.79 Å². The molecule has 1 N–H and O–H groups in total. The highest BCUT2D eigenvalue weighted by Gasteiger charge is 2.04. The fraction of sp³-hybridized carbons (Fsp3) is 0. The average Bonchev–Trinajstić information content (AvgIpc) is 2.48. The van der Waals surface area contributed by atoms with Crippen molar-refractivity contribution in [3.05, 3.63) is 68.7 Å². The lowest BCUT2D eigenvalue weighted by Gasteiger charge is -2.04. The number of rotatable bonds is 3. The molecule has 0 saturated heterocycles. The third kappa shape index (κ3) is 4.25. The molecule has 22 heavy (non-hydrogen) atoms. The third-order valence-electron chi connectivity index (χ3n) is 2.73. The molecule has 0 bridgehead atoms. The molecule has 1 amide bonds. The van der Waals surface area contributed by atoms with Crippen LogP contribution in [0.5, 0.6) is 0 Å². The van der Waals surface area contributed by atoms with Crippen molar-refractivity contribution in [1.29, 1.82) is 5.26 Å². The van der Waals surface area contributed by atoms with Crippen LogP contribution in [0.2, 0.25) is 15.1 Å². The van der Waals surface area contributed by atoms with Crippen molar-refractivity contribution < 1.29 is 4.79 Å². The van der Waals surface area contributed by atoms with Crippen molar-refractivity contribution in [2.75, 3.05) is 5.32 Å². The molecular formula is C16H9Cl3N2O. The number of amides is 1. The van der Waals surface area contributed by atoms with E-state index in [0.29, 0.717) is 31.9 Å². The highest BCUT2D eigenvalue weighted by atomic mass is 35.5. The Hall–Kier alpha value is -1.99. The van der Waals surface area contributed by atoms with Gasteiger partial charge in [-0.05, 0) is 42.0 Å². The third-order valence-corrected chi connectivity index (χ3v) is 3.62. The number of carbonyl (C=O) groups excluding carboxylic acids is 1. The lowest BCUT2D eigenvalue weighted by Crippen LogP contribution is -2.07. The zero-order valence-electron chi connectivity index (χ0n) is 11.1. The largest absolute Gasteiger partial charge is 0.322 e. The monoisotopic (exact) mass is 350 g/mol. The van der Waals surface area contributed by atoms with E-state index in [4.69, 9.17) is 40.1 Å². The summed E-state index contributed by atoms with van der Waals surface area (Å²) in [7, 11) is 0. The molecule has 0 unspecified atom stereocenters. The molecule has 6 heteroatoms. The van der Waals surface area contributed by atoms with E-state index in [1.54, 1.807) is 36.4 Å². The second-order valence-corrected chi connectivity index (χ2v) is 5.55. The molecule has 0 radical (unpaired) electrons. The maximum absolute atomic E-state index is 11.9. The van der Waals surface area contributed by atoms with Crippen molar-refractivity contribution in [3.63, 3.8) is 0 Å². The summed E-state index contributed by atoms with van der Waals surface area (Å²) in [4.78, 5) is 11.9. The smallest absolute Gasteiger partial charge is 0.248 e. The maximum Gasteiger partial charge on any atom is 0.248 e. The first-order valence-electron chi connectivity index (χ1n) is 6.13. The normalized spacial score (nSPS) is 10.5. The van der Waals surface area contributed by atoms with Gasteiger partial charge in [0, 0.05) is 21.8 Å². The molecule has 2 rings (SSSR count). The number of nitriles is 1. The molecule has 2 aromatic rings. The summed E-state index contributed by atoms with van der Waals surface area (Å²) in [6.07, 6.45) is 2.92. The van der Waals surface area contributed by atoms with Crippen molar-refractivity contribution in [2.24, 2.45) is 0 Å². The first kappa shape index (κ1) is 16.4. The van der Waals surface area contributed by atoms with Gasteiger partial charge in [-0.15, -0.1) is 0 Å². The Kier molecular flexibility index (Phi) is 5.46. The van der Waals surface area contributed by atoms with E-state index in [1.165, 1.54) is 12.1 Å². The van der Waals surface area contributed by atoms with Crippen molar-refractivity contribution >= 4 is 52.5 Å². The Bertz CT molecular complexity index is 794. The molecule has 0 aliphatic rings. The van der Waals surface area contributed by atoms with E-state index in [0.717, 1.165) is 0 Å². The van der Waals surface area contributed by atoms with Gasteiger partial charge in [-0.25, -0.2) is 0 Å². The van der Waals surface area contributed by atoms with Crippen LogP contribution in [-0.2, 0) is 4.79 Å². The Labute approximate surface area is 142 Å². The Morgan fingerprint density at radius 1 is 1.09 bits per heavy atom. The van der Waals surface area contributed by atoms with Crippen LogP contribution in [0.15, 0.2) is 42.5 Å². The van der Waals surface area contributed by atoms with Crippen LogP contribution in [0.1, 0.15) is 11.1 Å². The van der Waals surface area contributed by atoms with Gasteiger partial charge in [0.15, 0.2) is 0 Å². The predicted molar refractivity (Wildman–Crippen MR) is 90.3 cm³/mol. The summed E-state index contributed by atoms with van der Waals surface area (Å²) in [6.45, 7) is 0. The summed E-state index contributed by atoms with van der Waals surface area (Å²) in [5, 5.41) is 12.9. The molecule has 0 heterocycles. The highest BCUT2D eigenvalue weighted by molar-refractivity contribution is 6.35. The summed E-state index contributed by atoms with van der Waals surface area (Å²) in [6, 6.07) is 11.6. The maximum atomic E-state index is 11.9. The fourth-order valence-corrected chi connectivity index (χ4v) is 2.31. The zero-order valence-corrected chi connectivity index (χ0v) is 13.4. The van der Waals surface area contributed by atoms with Crippen LogP contribution in [0.3, 0.4) is 0 Å². The summed E-state index contributed by atoms with van der Waals surface area (Å²) < 4.78 is 0. The minimum atomic E-state index is -0.350. The molecule has 0 atom stereocenters. The van der Waals surface area contributed by atoms with Crippen molar-refractivity contribution in [2.45, 2.75) is 0 Å². The van der Waals surface area contributed by atoms with Crippen LogP contribution < -0.4 is 5.32 Å². The predicted octanol–water partition coefficient (Wildman–Crippen LogP) is 5.17. The molecule has 0 saturated carbocycles. The number of nitrogens with zero attached hydrogens (tertiary/aromatic N) is 1. The minimum Gasteiger partial charge on any atom is -0.322 e. The molecule has 110 valence electrons. The summed E-state index contributed by atoms with van der Waals surface area (Å²) in [5.74, 6) is -0.350. The first-order valence-corrected chi connectivity index (χ1v) is 7.27.